The van der Waals surface area contributed by atoms with Crippen molar-refractivity contribution in [1.29, 1.82) is 0 Å². The van der Waals surface area contributed by atoms with Gasteiger partial charge in [-0.3, -0.25) is 0 Å². The molecule has 0 radical (unpaired) electrons. The van der Waals surface area contributed by atoms with Gasteiger partial charge < -0.3 is 19.9 Å². The van der Waals surface area contributed by atoms with Crippen LogP contribution in [0.4, 0.5) is 4.79 Å². The summed E-state index contributed by atoms with van der Waals surface area (Å²) in [7, 11) is 0. The predicted molar refractivity (Wildman–Crippen MR) is 75.7 cm³/mol. The quantitative estimate of drug-likeness (QED) is 0.502. The fourth-order valence-electron chi connectivity index (χ4n) is 1.32. The average Bonchev–Trinajstić information content (AvgIpc) is 2.29. The number of ether oxygens (including phenoxy) is 2. The van der Waals surface area contributed by atoms with Gasteiger partial charge in [-0.1, -0.05) is 6.08 Å². The second-order valence-corrected chi connectivity index (χ2v) is 5.40. The Hall–Kier alpha value is -1.56. The minimum atomic E-state index is -1.15. The van der Waals surface area contributed by atoms with E-state index in [1.54, 1.807) is 20.8 Å². The standard InChI is InChI=1S/C14H25NO5/c1-5-6-7-8-9-19-10-11(12(16)17)15-13(18)20-14(2,3)4/h5,11H,1,6-10H2,2-4H3,(H,15,18)(H,16,17). The Morgan fingerprint density at radius 2 is 2.00 bits per heavy atom. The van der Waals surface area contributed by atoms with E-state index in [2.05, 4.69) is 11.9 Å². The minimum Gasteiger partial charge on any atom is -0.480 e. The van der Waals surface area contributed by atoms with Crippen molar-refractivity contribution in [2.24, 2.45) is 0 Å². The third kappa shape index (κ3) is 10.4. The molecule has 0 aromatic carbocycles. The SMILES string of the molecule is C=CCCCCOCC(NC(=O)OC(C)(C)C)C(=O)O. The Labute approximate surface area is 120 Å². The molecule has 0 bridgehead atoms. The number of nitrogens with one attached hydrogen (secondary N) is 1. The third-order valence-corrected chi connectivity index (χ3v) is 2.22. The summed E-state index contributed by atoms with van der Waals surface area (Å²) in [4.78, 5) is 22.5. The number of rotatable bonds is 9. The molecular weight excluding hydrogens is 262 g/mol. The maximum absolute atomic E-state index is 11.5. The summed E-state index contributed by atoms with van der Waals surface area (Å²) < 4.78 is 10.2. The molecule has 0 saturated carbocycles. The minimum absolute atomic E-state index is 0.0807. The molecule has 0 aliphatic rings. The fourth-order valence-corrected chi connectivity index (χ4v) is 1.32. The lowest BCUT2D eigenvalue weighted by Gasteiger charge is -2.22. The van der Waals surface area contributed by atoms with Crippen molar-refractivity contribution in [2.75, 3.05) is 13.2 Å². The molecule has 0 aromatic heterocycles. The summed E-state index contributed by atoms with van der Waals surface area (Å²) >= 11 is 0. The number of unbranched alkanes of at least 4 members (excludes halogenated alkanes) is 2. The zero-order chi connectivity index (χ0) is 15.6. The molecule has 2 N–H and O–H groups in total. The van der Waals surface area contributed by atoms with Crippen molar-refractivity contribution in [2.45, 2.75) is 51.7 Å². The van der Waals surface area contributed by atoms with Crippen molar-refractivity contribution in [3.05, 3.63) is 12.7 Å². The fraction of sp³-hybridized carbons (Fsp3) is 0.714. The van der Waals surface area contributed by atoms with Crippen molar-refractivity contribution in [1.82, 2.24) is 5.32 Å². The van der Waals surface area contributed by atoms with Crippen LogP contribution in [0, 0.1) is 0 Å². The van der Waals surface area contributed by atoms with Crippen LogP contribution in [-0.4, -0.2) is 42.0 Å². The molecule has 1 unspecified atom stereocenters. The second-order valence-electron chi connectivity index (χ2n) is 5.40. The number of carbonyl (C=O) groups excluding carboxylic acids is 1. The van der Waals surface area contributed by atoms with Crippen LogP contribution in [-0.2, 0) is 14.3 Å². The van der Waals surface area contributed by atoms with Crippen molar-refractivity contribution >= 4 is 12.1 Å². The van der Waals surface area contributed by atoms with E-state index < -0.39 is 23.7 Å². The highest BCUT2D eigenvalue weighted by atomic mass is 16.6. The number of carbonyl (C=O) groups is 2. The van der Waals surface area contributed by atoms with Crippen LogP contribution in [0.2, 0.25) is 0 Å². The molecule has 0 aliphatic carbocycles. The maximum Gasteiger partial charge on any atom is 0.408 e. The number of allylic oxidation sites excluding steroid dienone is 1. The first kappa shape index (κ1) is 18.4. The van der Waals surface area contributed by atoms with Gasteiger partial charge in [0.25, 0.3) is 0 Å². The summed E-state index contributed by atoms with van der Waals surface area (Å²) in [6.07, 6.45) is 3.73. The van der Waals surface area contributed by atoms with Gasteiger partial charge in [-0.05, 0) is 40.0 Å². The van der Waals surface area contributed by atoms with Gasteiger partial charge in [-0.15, -0.1) is 6.58 Å². The van der Waals surface area contributed by atoms with Crippen LogP contribution in [0.1, 0.15) is 40.0 Å². The Kier molecular flexibility index (Phi) is 8.63. The summed E-state index contributed by atoms with van der Waals surface area (Å²) in [5, 5.41) is 11.3. The normalized spacial score (nSPS) is 12.6. The molecule has 0 aromatic rings. The molecule has 1 atom stereocenters. The Morgan fingerprint density at radius 3 is 2.50 bits per heavy atom. The summed E-state index contributed by atoms with van der Waals surface area (Å²) in [5.74, 6) is -1.15. The molecule has 116 valence electrons. The number of carboxylic acid groups (broad SMARTS) is 1. The molecule has 0 fully saturated rings. The van der Waals surface area contributed by atoms with E-state index in [0.717, 1.165) is 19.3 Å². The van der Waals surface area contributed by atoms with Crippen LogP contribution < -0.4 is 5.32 Å². The number of carboxylic acids is 1. The lowest BCUT2D eigenvalue weighted by atomic mass is 10.2. The third-order valence-electron chi connectivity index (χ3n) is 2.22. The highest BCUT2D eigenvalue weighted by molar-refractivity contribution is 5.80. The highest BCUT2D eigenvalue weighted by Crippen LogP contribution is 2.07. The Morgan fingerprint density at radius 1 is 1.35 bits per heavy atom. The van der Waals surface area contributed by atoms with Crippen molar-refractivity contribution in [3.8, 4) is 0 Å². The second kappa shape index (κ2) is 9.36. The number of alkyl carbamates (subject to hydrolysis) is 1. The van der Waals surface area contributed by atoms with Crippen LogP contribution >= 0.6 is 0 Å². The molecule has 0 aliphatic heterocycles. The zero-order valence-corrected chi connectivity index (χ0v) is 12.5. The molecule has 6 nitrogen and oxygen atoms in total. The van der Waals surface area contributed by atoms with E-state index in [1.807, 2.05) is 6.08 Å². The van der Waals surface area contributed by atoms with Gasteiger partial charge in [-0.2, -0.15) is 0 Å². The van der Waals surface area contributed by atoms with Gasteiger partial charge in [0.2, 0.25) is 0 Å². The molecule has 0 heterocycles. The summed E-state index contributed by atoms with van der Waals surface area (Å²) in [5.41, 5.74) is -0.668. The van der Waals surface area contributed by atoms with Crippen LogP contribution in [0.15, 0.2) is 12.7 Å². The number of aliphatic carboxylic acids is 1. The predicted octanol–water partition coefficient (Wildman–Crippen LogP) is 2.34. The van der Waals surface area contributed by atoms with Gasteiger partial charge in [0.05, 0.1) is 6.61 Å². The largest absolute Gasteiger partial charge is 0.480 e. The molecular formula is C14H25NO5. The smallest absolute Gasteiger partial charge is 0.408 e. The van der Waals surface area contributed by atoms with Gasteiger partial charge in [-0.25, -0.2) is 9.59 Å². The first-order valence-corrected chi connectivity index (χ1v) is 6.67. The number of hydrogen-bond acceptors (Lipinski definition) is 4. The first-order valence-electron chi connectivity index (χ1n) is 6.67. The zero-order valence-electron chi connectivity index (χ0n) is 12.5. The highest BCUT2D eigenvalue weighted by Gasteiger charge is 2.23. The molecule has 6 heteroatoms. The Balaban J connectivity index is 4.02. The van der Waals surface area contributed by atoms with E-state index in [0.29, 0.717) is 6.61 Å². The monoisotopic (exact) mass is 287 g/mol. The van der Waals surface area contributed by atoms with E-state index in [1.165, 1.54) is 0 Å². The van der Waals surface area contributed by atoms with E-state index >= 15 is 0 Å². The number of amides is 1. The van der Waals surface area contributed by atoms with E-state index in [4.69, 9.17) is 14.6 Å². The van der Waals surface area contributed by atoms with Gasteiger partial charge >= 0.3 is 12.1 Å². The lowest BCUT2D eigenvalue weighted by molar-refractivity contribution is -0.141. The Bertz CT molecular complexity index is 322. The van der Waals surface area contributed by atoms with Gasteiger partial charge in [0.1, 0.15) is 5.60 Å². The number of hydrogen-bond donors (Lipinski definition) is 2. The van der Waals surface area contributed by atoms with E-state index in [-0.39, 0.29) is 6.61 Å². The van der Waals surface area contributed by atoms with Crippen molar-refractivity contribution < 1.29 is 24.2 Å². The topological polar surface area (TPSA) is 84.9 Å². The van der Waals surface area contributed by atoms with Crippen LogP contribution in [0.25, 0.3) is 0 Å². The maximum atomic E-state index is 11.5. The molecule has 1 amide bonds. The van der Waals surface area contributed by atoms with Crippen molar-refractivity contribution in [3.63, 3.8) is 0 Å². The molecule has 0 spiro atoms. The first-order chi connectivity index (χ1) is 9.26. The van der Waals surface area contributed by atoms with Crippen LogP contribution in [0.5, 0.6) is 0 Å². The summed E-state index contributed by atoms with van der Waals surface area (Å²) in [6.45, 7) is 9.10. The molecule has 0 rings (SSSR count). The molecule has 20 heavy (non-hydrogen) atoms. The average molecular weight is 287 g/mol. The van der Waals surface area contributed by atoms with Crippen LogP contribution in [0.3, 0.4) is 0 Å². The summed E-state index contributed by atoms with van der Waals surface area (Å²) in [6, 6.07) is -1.11. The van der Waals surface area contributed by atoms with Gasteiger partial charge in [0, 0.05) is 6.61 Å². The van der Waals surface area contributed by atoms with E-state index in [9.17, 15) is 9.59 Å². The molecule has 0 saturated heterocycles. The van der Waals surface area contributed by atoms with Gasteiger partial charge in [0.15, 0.2) is 6.04 Å². The lowest BCUT2D eigenvalue weighted by Crippen LogP contribution is -2.46.